The van der Waals surface area contributed by atoms with E-state index < -0.39 is 0 Å². The van der Waals surface area contributed by atoms with Crippen molar-refractivity contribution in [1.29, 1.82) is 0 Å². The highest BCUT2D eigenvalue weighted by Crippen LogP contribution is 2.25. The third-order valence-corrected chi connectivity index (χ3v) is 2.38. The Bertz CT molecular complexity index is 535. The highest BCUT2D eigenvalue weighted by molar-refractivity contribution is 5.90. The van der Waals surface area contributed by atoms with Crippen molar-refractivity contribution in [1.82, 2.24) is 0 Å². The monoisotopic (exact) mass is 226 g/mol. The van der Waals surface area contributed by atoms with Gasteiger partial charge in [0.1, 0.15) is 0 Å². The summed E-state index contributed by atoms with van der Waals surface area (Å²) in [7, 11) is 0. The molecule has 0 bridgehead atoms. The third kappa shape index (κ3) is 2.84. The van der Waals surface area contributed by atoms with Crippen molar-refractivity contribution in [2.75, 3.05) is 11.1 Å². The number of hydrogen-bond donors (Lipinski definition) is 2. The third-order valence-electron chi connectivity index (χ3n) is 2.38. The van der Waals surface area contributed by atoms with E-state index in [1.807, 2.05) is 42.5 Å². The molecule has 0 spiro atoms. The number of hydrogen-bond acceptors (Lipinski definition) is 2. The predicted molar refractivity (Wildman–Crippen MR) is 70.6 cm³/mol. The van der Waals surface area contributed by atoms with Gasteiger partial charge in [-0.3, -0.25) is 4.79 Å². The molecule has 0 aliphatic carbocycles. The van der Waals surface area contributed by atoms with E-state index in [2.05, 4.69) is 5.32 Å². The molecule has 0 aliphatic rings. The van der Waals surface area contributed by atoms with Crippen molar-refractivity contribution in [2.45, 2.75) is 6.92 Å². The van der Waals surface area contributed by atoms with Gasteiger partial charge in [0.2, 0.25) is 5.91 Å². The van der Waals surface area contributed by atoms with E-state index in [0.29, 0.717) is 5.69 Å². The molecule has 2 rings (SSSR count). The fourth-order valence-electron chi connectivity index (χ4n) is 1.72. The van der Waals surface area contributed by atoms with Crippen molar-refractivity contribution < 1.29 is 4.79 Å². The molecule has 2 aromatic carbocycles. The summed E-state index contributed by atoms with van der Waals surface area (Å²) in [5, 5.41) is 2.74. The molecule has 0 radical (unpaired) electrons. The second kappa shape index (κ2) is 4.70. The highest BCUT2D eigenvalue weighted by atomic mass is 16.1. The average molecular weight is 226 g/mol. The normalized spacial score (nSPS) is 9.94. The zero-order valence-electron chi connectivity index (χ0n) is 9.60. The SMILES string of the molecule is CC(=O)Nc1cc(N)cc(-c2ccccc2)c1. The standard InChI is InChI=1S/C14H14N2O/c1-10(17)16-14-8-12(7-13(15)9-14)11-5-3-2-4-6-11/h2-9H,15H2,1H3,(H,16,17). The van der Waals surface area contributed by atoms with Crippen LogP contribution in [0.5, 0.6) is 0 Å². The Morgan fingerprint density at radius 2 is 1.76 bits per heavy atom. The zero-order valence-corrected chi connectivity index (χ0v) is 9.60. The summed E-state index contributed by atoms with van der Waals surface area (Å²) in [6.07, 6.45) is 0. The molecule has 0 aromatic heterocycles. The first kappa shape index (κ1) is 11.2. The van der Waals surface area contributed by atoms with Crippen LogP contribution in [-0.2, 0) is 4.79 Å². The maximum atomic E-state index is 11.0. The van der Waals surface area contributed by atoms with Crippen LogP contribution in [0.25, 0.3) is 11.1 Å². The van der Waals surface area contributed by atoms with Gasteiger partial charge in [-0.2, -0.15) is 0 Å². The quantitative estimate of drug-likeness (QED) is 0.773. The molecule has 0 aliphatic heterocycles. The molecule has 3 N–H and O–H groups in total. The maximum Gasteiger partial charge on any atom is 0.221 e. The average Bonchev–Trinajstić information content (AvgIpc) is 2.28. The first-order valence-corrected chi connectivity index (χ1v) is 5.39. The molecular formula is C14H14N2O. The van der Waals surface area contributed by atoms with Gasteiger partial charge in [0, 0.05) is 18.3 Å². The van der Waals surface area contributed by atoms with Crippen molar-refractivity contribution in [3.8, 4) is 11.1 Å². The summed E-state index contributed by atoms with van der Waals surface area (Å²) in [6, 6.07) is 15.5. The fraction of sp³-hybridized carbons (Fsp3) is 0.0714. The van der Waals surface area contributed by atoms with E-state index in [0.717, 1.165) is 16.8 Å². The van der Waals surface area contributed by atoms with Crippen LogP contribution in [0.2, 0.25) is 0 Å². The number of nitrogens with two attached hydrogens (primary N) is 1. The van der Waals surface area contributed by atoms with Gasteiger partial charge >= 0.3 is 0 Å². The lowest BCUT2D eigenvalue weighted by atomic mass is 10.0. The van der Waals surface area contributed by atoms with Crippen LogP contribution in [0.3, 0.4) is 0 Å². The first-order valence-electron chi connectivity index (χ1n) is 5.39. The number of carbonyl (C=O) groups is 1. The van der Waals surface area contributed by atoms with Crippen molar-refractivity contribution in [3.05, 3.63) is 48.5 Å². The number of amides is 1. The number of anilines is 2. The second-order valence-corrected chi connectivity index (χ2v) is 3.89. The summed E-state index contributed by atoms with van der Waals surface area (Å²) in [5.74, 6) is -0.102. The summed E-state index contributed by atoms with van der Waals surface area (Å²) in [6.45, 7) is 1.48. The first-order chi connectivity index (χ1) is 8.15. The molecule has 0 atom stereocenters. The molecule has 1 amide bonds. The van der Waals surface area contributed by atoms with E-state index in [-0.39, 0.29) is 5.91 Å². The molecule has 0 saturated carbocycles. The Balaban J connectivity index is 2.42. The van der Waals surface area contributed by atoms with Crippen molar-refractivity contribution >= 4 is 17.3 Å². The number of rotatable bonds is 2. The van der Waals surface area contributed by atoms with Gasteiger partial charge in [-0.1, -0.05) is 30.3 Å². The molecular weight excluding hydrogens is 212 g/mol. The minimum absolute atomic E-state index is 0.102. The Morgan fingerprint density at radius 1 is 1.06 bits per heavy atom. The predicted octanol–water partition coefficient (Wildman–Crippen LogP) is 2.89. The van der Waals surface area contributed by atoms with Crippen LogP contribution in [0, 0.1) is 0 Å². The second-order valence-electron chi connectivity index (χ2n) is 3.89. The zero-order chi connectivity index (χ0) is 12.3. The van der Waals surface area contributed by atoms with E-state index >= 15 is 0 Å². The Labute approximate surface area is 100 Å². The van der Waals surface area contributed by atoms with Crippen LogP contribution in [0.4, 0.5) is 11.4 Å². The lowest BCUT2D eigenvalue weighted by molar-refractivity contribution is -0.114. The minimum Gasteiger partial charge on any atom is -0.399 e. The molecule has 0 unspecified atom stereocenters. The van der Waals surface area contributed by atoms with Crippen LogP contribution in [0.15, 0.2) is 48.5 Å². The molecule has 17 heavy (non-hydrogen) atoms. The van der Waals surface area contributed by atoms with Gasteiger partial charge in [-0.15, -0.1) is 0 Å². The molecule has 0 fully saturated rings. The van der Waals surface area contributed by atoms with Crippen LogP contribution in [-0.4, -0.2) is 5.91 Å². The smallest absolute Gasteiger partial charge is 0.221 e. The minimum atomic E-state index is -0.102. The van der Waals surface area contributed by atoms with Gasteiger partial charge in [0.05, 0.1) is 0 Å². The molecule has 86 valence electrons. The molecule has 0 heterocycles. The highest BCUT2D eigenvalue weighted by Gasteiger charge is 2.02. The maximum absolute atomic E-state index is 11.0. The van der Waals surface area contributed by atoms with Crippen LogP contribution >= 0.6 is 0 Å². The van der Waals surface area contributed by atoms with E-state index in [4.69, 9.17) is 5.73 Å². The summed E-state index contributed by atoms with van der Waals surface area (Å²) in [4.78, 5) is 11.0. The molecule has 3 heteroatoms. The van der Waals surface area contributed by atoms with Gasteiger partial charge in [0.25, 0.3) is 0 Å². The van der Waals surface area contributed by atoms with Crippen molar-refractivity contribution in [2.24, 2.45) is 0 Å². The molecule has 2 aromatic rings. The summed E-state index contributed by atoms with van der Waals surface area (Å²) < 4.78 is 0. The topological polar surface area (TPSA) is 55.1 Å². The Hall–Kier alpha value is -2.29. The number of nitrogen functional groups attached to an aromatic ring is 1. The number of benzene rings is 2. The molecule has 3 nitrogen and oxygen atoms in total. The Morgan fingerprint density at radius 3 is 2.41 bits per heavy atom. The largest absolute Gasteiger partial charge is 0.399 e. The van der Waals surface area contributed by atoms with Gasteiger partial charge in [-0.05, 0) is 29.3 Å². The van der Waals surface area contributed by atoms with Gasteiger partial charge in [0.15, 0.2) is 0 Å². The van der Waals surface area contributed by atoms with E-state index in [9.17, 15) is 4.79 Å². The fourth-order valence-corrected chi connectivity index (χ4v) is 1.72. The molecule has 0 saturated heterocycles. The lowest BCUT2D eigenvalue weighted by Crippen LogP contribution is -2.06. The van der Waals surface area contributed by atoms with E-state index in [1.54, 1.807) is 6.07 Å². The summed E-state index contributed by atoms with van der Waals surface area (Å²) >= 11 is 0. The van der Waals surface area contributed by atoms with Crippen LogP contribution in [0.1, 0.15) is 6.92 Å². The van der Waals surface area contributed by atoms with Gasteiger partial charge < -0.3 is 11.1 Å². The van der Waals surface area contributed by atoms with Crippen molar-refractivity contribution in [3.63, 3.8) is 0 Å². The van der Waals surface area contributed by atoms with Gasteiger partial charge in [-0.25, -0.2) is 0 Å². The summed E-state index contributed by atoms with van der Waals surface area (Å²) in [5.41, 5.74) is 9.24. The number of nitrogens with one attached hydrogen (secondary N) is 1. The van der Waals surface area contributed by atoms with E-state index in [1.165, 1.54) is 6.92 Å². The van der Waals surface area contributed by atoms with Crippen LogP contribution < -0.4 is 11.1 Å². The number of carbonyl (C=O) groups excluding carboxylic acids is 1. The lowest BCUT2D eigenvalue weighted by Gasteiger charge is -2.08. The Kier molecular flexibility index (Phi) is 3.10.